The number of nitrogens with zero attached hydrogens (tertiary/aromatic N) is 2. The Hall–Kier alpha value is -1.95. The second-order valence-electron chi connectivity index (χ2n) is 3.93. The van der Waals surface area contributed by atoms with Crippen LogP contribution in [0.25, 0.3) is 0 Å². The van der Waals surface area contributed by atoms with Crippen LogP contribution in [0.1, 0.15) is 11.3 Å². The van der Waals surface area contributed by atoms with Crippen LogP contribution in [0.4, 0.5) is 5.13 Å². The molecule has 0 fully saturated rings. The maximum absolute atomic E-state index is 11.1. The SMILES string of the molecule is COC(=O)Cc1csc(NCCc2ccncc2)n1. The van der Waals surface area contributed by atoms with E-state index < -0.39 is 0 Å². The number of pyridine rings is 1. The monoisotopic (exact) mass is 277 g/mol. The molecule has 0 saturated heterocycles. The number of hydrogen-bond donors (Lipinski definition) is 1. The van der Waals surface area contributed by atoms with Gasteiger partial charge in [-0.1, -0.05) is 0 Å². The summed E-state index contributed by atoms with van der Waals surface area (Å²) >= 11 is 1.49. The Balaban J connectivity index is 1.79. The van der Waals surface area contributed by atoms with Gasteiger partial charge in [-0.15, -0.1) is 11.3 Å². The maximum atomic E-state index is 11.1. The largest absolute Gasteiger partial charge is 0.469 e. The first-order valence-corrected chi connectivity index (χ1v) is 6.80. The zero-order chi connectivity index (χ0) is 13.5. The Bertz CT molecular complexity index is 528. The summed E-state index contributed by atoms with van der Waals surface area (Å²) in [5.74, 6) is -0.270. The minimum atomic E-state index is -0.270. The number of nitrogens with one attached hydrogen (secondary N) is 1. The zero-order valence-electron chi connectivity index (χ0n) is 10.6. The molecule has 19 heavy (non-hydrogen) atoms. The van der Waals surface area contributed by atoms with Crippen molar-refractivity contribution in [2.45, 2.75) is 12.8 Å². The number of carbonyl (C=O) groups excluding carboxylic acids is 1. The van der Waals surface area contributed by atoms with Gasteiger partial charge in [0.15, 0.2) is 5.13 Å². The van der Waals surface area contributed by atoms with Crippen molar-refractivity contribution >= 4 is 22.4 Å². The Morgan fingerprint density at radius 1 is 1.42 bits per heavy atom. The van der Waals surface area contributed by atoms with Crippen molar-refractivity contribution < 1.29 is 9.53 Å². The lowest BCUT2D eigenvalue weighted by Gasteiger charge is -2.02. The molecule has 2 aromatic heterocycles. The topological polar surface area (TPSA) is 64.1 Å². The summed E-state index contributed by atoms with van der Waals surface area (Å²) < 4.78 is 4.60. The van der Waals surface area contributed by atoms with Gasteiger partial charge in [-0.05, 0) is 24.1 Å². The van der Waals surface area contributed by atoms with Crippen LogP contribution < -0.4 is 5.32 Å². The van der Waals surface area contributed by atoms with Gasteiger partial charge >= 0.3 is 5.97 Å². The van der Waals surface area contributed by atoms with E-state index >= 15 is 0 Å². The van der Waals surface area contributed by atoms with Gasteiger partial charge in [-0.25, -0.2) is 4.98 Å². The summed E-state index contributed by atoms with van der Waals surface area (Å²) in [5.41, 5.74) is 1.97. The number of esters is 1. The first-order chi connectivity index (χ1) is 9.28. The van der Waals surface area contributed by atoms with E-state index in [0.29, 0.717) is 0 Å². The Morgan fingerprint density at radius 3 is 2.95 bits per heavy atom. The third-order valence-corrected chi connectivity index (χ3v) is 3.39. The molecule has 0 unspecified atom stereocenters. The fraction of sp³-hybridized carbons (Fsp3) is 0.308. The van der Waals surface area contributed by atoms with E-state index in [2.05, 4.69) is 20.0 Å². The van der Waals surface area contributed by atoms with Crippen LogP contribution in [-0.2, 0) is 22.4 Å². The van der Waals surface area contributed by atoms with Crippen LogP contribution >= 0.6 is 11.3 Å². The lowest BCUT2D eigenvalue weighted by Crippen LogP contribution is -2.06. The first kappa shape index (κ1) is 13.5. The van der Waals surface area contributed by atoms with Crippen LogP contribution in [0.3, 0.4) is 0 Å². The van der Waals surface area contributed by atoms with Gasteiger partial charge in [0.25, 0.3) is 0 Å². The summed E-state index contributed by atoms with van der Waals surface area (Å²) in [6, 6.07) is 3.98. The van der Waals surface area contributed by atoms with E-state index in [1.165, 1.54) is 24.0 Å². The van der Waals surface area contributed by atoms with Crippen LogP contribution in [0.5, 0.6) is 0 Å². The lowest BCUT2D eigenvalue weighted by molar-refractivity contribution is -0.139. The molecule has 0 atom stereocenters. The minimum Gasteiger partial charge on any atom is -0.469 e. The molecular formula is C13H15N3O2S. The Kier molecular flexibility index (Phi) is 4.85. The molecular weight excluding hydrogens is 262 g/mol. The fourth-order valence-electron chi connectivity index (χ4n) is 1.55. The molecule has 2 rings (SSSR count). The molecule has 100 valence electrons. The van der Waals surface area contributed by atoms with E-state index in [0.717, 1.165) is 23.8 Å². The number of thiazole rings is 1. The molecule has 2 heterocycles. The second kappa shape index (κ2) is 6.84. The number of carbonyl (C=O) groups is 1. The maximum Gasteiger partial charge on any atom is 0.311 e. The summed E-state index contributed by atoms with van der Waals surface area (Å²) in [4.78, 5) is 19.4. The van der Waals surface area contributed by atoms with Crippen LogP contribution in [0, 0.1) is 0 Å². The highest BCUT2D eigenvalue weighted by Crippen LogP contribution is 2.16. The van der Waals surface area contributed by atoms with Crippen LogP contribution in [0.2, 0.25) is 0 Å². The molecule has 0 aromatic carbocycles. The third kappa shape index (κ3) is 4.33. The number of hydrogen-bond acceptors (Lipinski definition) is 6. The van der Waals surface area contributed by atoms with Crippen molar-refractivity contribution in [3.63, 3.8) is 0 Å². The van der Waals surface area contributed by atoms with E-state index in [9.17, 15) is 4.79 Å². The van der Waals surface area contributed by atoms with E-state index in [1.807, 2.05) is 17.5 Å². The second-order valence-corrected chi connectivity index (χ2v) is 4.79. The zero-order valence-corrected chi connectivity index (χ0v) is 11.4. The molecule has 0 aliphatic heterocycles. The van der Waals surface area contributed by atoms with E-state index in [-0.39, 0.29) is 12.4 Å². The molecule has 0 radical (unpaired) electrons. The normalized spacial score (nSPS) is 10.2. The number of methoxy groups -OCH3 is 1. The Labute approximate surface area is 115 Å². The number of rotatable bonds is 6. The lowest BCUT2D eigenvalue weighted by atomic mass is 10.2. The molecule has 0 aliphatic rings. The Morgan fingerprint density at radius 2 is 2.21 bits per heavy atom. The number of ether oxygens (including phenoxy) is 1. The highest BCUT2D eigenvalue weighted by Gasteiger charge is 2.07. The average Bonchev–Trinajstić information content (AvgIpc) is 2.87. The summed E-state index contributed by atoms with van der Waals surface area (Å²) in [7, 11) is 1.38. The quantitative estimate of drug-likeness (QED) is 0.817. The van der Waals surface area contributed by atoms with Crippen molar-refractivity contribution in [3.8, 4) is 0 Å². The summed E-state index contributed by atoms with van der Waals surface area (Å²) in [6.45, 7) is 0.801. The first-order valence-electron chi connectivity index (χ1n) is 5.92. The predicted molar refractivity (Wildman–Crippen MR) is 74.3 cm³/mol. The molecule has 1 N–H and O–H groups in total. The van der Waals surface area contributed by atoms with Gasteiger partial charge in [0, 0.05) is 24.3 Å². The van der Waals surface area contributed by atoms with Crippen molar-refractivity contribution in [1.82, 2.24) is 9.97 Å². The van der Waals surface area contributed by atoms with Crippen LogP contribution in [0.15, 0.2) is 29.9 Å². The van der Waals surface area contributed by atoms with E-state index in [1.54, 1.807) is 12.4 Å². The summed E-state index contributed by atoms with van der Waals surface area (Å²) in [6.07, 6.45) is 4.70. The molecule has 0 aliphatic carbocycles. The van der Waals surface area contributed by atoms with Gasteiger partial charge in [0.2, 0.25) is 0 Å². The average molecular weight is 277 g/mol. The fourth-order valence-corrected chi connectivity index (χ4v) is 2.29. The molecule has 6 heteroatoms. The molecule has 0 amide bonds. The summed E-state index contributed by atoms with van der Waals surface area (Å²) in [5, 5.41) is 5.93. The molecule has 0 saturated carbocycles. The van der Waals surface area contributed by atoms with Crippen molar-refractivity contribution in [1.29, 1.82) is 0 Å². The smallest absolute Gasteiger partial charge is 0.311 e. The number of aromatic nitrogens is 2. The standard InChI is InChI=1S/C13H15N3O2S/c1-18-12(17)8-11-9-19-13(16-11)15-7-4-10-2-5-14-6-3-10/h2-3,5-6,9H,4,7-8H2,1H3,(H,15,16). The molecule has 0 bridgehead atoms. The predicted octanol–water partition coefficient (Wildman–Crippen LogP) is 1.91. The van der Waals surface area contributed by atoms with Crippen molar-refractivity contribution in [3.05, 3.63) is 41.2 Å². The molecule has 2 aromatic rings. The minimum absolute atomic E-state index is 0.221. The van der Waals surface area contributed by atoms with Gasteiger partial charge in [-0.2, -0.15) is 0 Å². The molecule has 0 spiro atoms. The van der Waals surface area contributed by atoms with Gasteiger partial charge < -0.3 is 10.1 Å². The number of anilines is 1. The van der Waals surface area contributed by atoms with E-state index in [4.69, 9.17) is 0 Å². The van der Waals surface area contributed by atoms with Gasteiger partial charge in [0.1, 0.15) is 0 Å². The third-order valence-electron chi connectivity index (χ3n) is 2.54. The van der Waals surface area contributed by atoms with Crippen LogP contribution in [-0.4, -0.2) is 29.6 Å². The van der Waals surface area contributed by atoms with Gasteiger partial charge in [0.05, 0.1) is 19.2 Å². The highest BCUT2D eigenvalue weighted by atomic mass is 32.1. The van der Waals surface area contributed by atoms with Crippen molar-refractivity contribution in [2.75, 3.05) is 19.0 Å². The highest BCUT2D eigenvalue weighted by molar-refractivity contribution is 7.13. The van der Waals surface area contributed by atoms with Crippen molar-refractivity contribution in [2.24, 2.45) is 0 Å². The van der Waals surface area contributed by atoms with Gasteiger partial charge in [-0.3, -0.25) is 9.78 Å². The molecule has 5 nitrogen and oxygen atoms in total.